The highest BCUT2D eigenvalue weighted by Gasteiger charge is 2.15. The number of nitrogens with zero attached hydrogens (tertiary/aromatic N) is 1. The Kier molecular flexibility index (Phi) is 4.58. The maximum Gasteiger partial charge on any atom is 0.261 e. The molecule has 108 valence electrons. The Bertz CT molecular complexity index is 805. The Morgan fingerprint density at radius 3 is 2.86 bits per heavy atom. The molecule has 0 spiro atoms. The summed E-state index contributed by atoms with van der Waals surface area (Å²) in [5.74, 6) is 5.16. The second-order valence-electron chi connectivity index (χ2n) is 4.28. The molecule has 6 heteroatoms. The van der Waals surface area contributed by atoms with Crippen molar-refractivity contribution in [2.75, 3.05) is 11.3 Å². The Morgan fingerprint density at radius 1 is 1.33 bits per heavy atom. The van der Waals surface area contributed by atoms with Crippen molar-refractivity contribution in [3.63, 3.8) is 0 Å². The number of hydrogen-bond donors (Lipinski definition) is 2. The predicted octanol–water partition coefficient (Wildman–Crippen LogP) is 1.53. The van der Waals surface area contributed by atoms with Gasteiger partial charge in [-0.3, -0.25) is 9.71 Å². The van der Waals surface area contributed by atoms with E-state index in [1.165, 1.54) is 18.3 Å². The van der Waals surface area contributed by atoms with Crippen molar-refractivity contribution in [1.29, 1.82) is 0 Å². The number of hydrogen-bond acceptors (Lipinski definition) is 4. The van der Waals surface area contributed by atoms with E-state index in [1.54, 1.807) is 31.3 Å². The van der Waals surface area contributed by atoms with E-state index in [-0.39, 0.29) is 11.5 Å². The van der Waals surface area contributed by atoms with Crippen LogP contribution in [0.5, 0.6) is 0 Å². The number of aliphatic hydroxyl groups excluding tert-OH is 1. The van der Waals surface area contributed by atoms with Gasteiger partial charge >= 0.3 is 0 Å². The van der Waals surface area contributed by atoms with E-state index in [9.17, 15) is 8.42 Å². The number of rotatable bonds is 3. The van der Waals surface area contributed by atoms with Gasteiger partial charge in [-0.25, -0.2) is 8.42 Å². The van der Waals surface area contributed by atoms with Crippen LogP contribution >= 0.6 is 0 Å². The molecule has 0 amide bonds. The van der Waals surface area contributed by atoms with Gasteiger partial charge in [0, 0.05) is 11.8 Å². The molecule has 0 saturated heterocycles. The van der Waals surface area contributed by atoms with Crippen LogP contribution in [0.2, 0.25) is 0 Å². The Morgan fingerprint density at radius 2 is 2.14 bits per heavy atom. The highest BCUT2D eigenvalue weighted by atomic mass is 32.2. The Labute approximate surface area is 123 Å². The van der Waals surface area contributed by atoms with Gasteiger partial charge in [0.2, 0.25) is 0 Å². The largest absolute Gasteiger partial charge is 0.384 e. The van der Waals surface area contributed by atoms with Gasteiger partial charge in [0.1, 0.15) is 6.61 Å². The zero-order valence-electron chi connectivity index (χ0n) is 11.4. The number of benzene rings is 1. The first-order valence-electron chi connectivity index (χ1n) is 6.16. The lowest BCUT2D eigenvalue weighted by Crippen LogP contribution is -2.14. The molecule has 0 unspecified atom stereocenters. The molecule has 0 bridgehead atoms. The molecule has 0 saturated carbocycles. The summed E-state index contributed by atoms with van der Waals surface area (Å²) in [7, 11) is -3.70. The van der Waals surface area contributed by atoms with Gasteiger partial charge in [-0.2, -0.15) is 0 Å². The summed E-state index contributed by atoms with van der Waals surface area (Å²) < 4.78 is 27.2. The van der Waals surface area contributed by atoms with Gasteiger partial charge in [-0.05, 0) is 36.8 Å². The highest BCUT2D eigenvalue weighted by molar-refractivity contribution is 7.92. The van der Waals surface area contributed by atoms with Crippen molar-refractivity contribution < 1.29 is 13.5 Å². The Hall–Kier alpha value is -2.36. The SMILES string of the molecule is Cc1ccncc1NS(=O)(=O)c1cccc(C#CCO)c1. The lowest BCUT2D eigenvalue weighted by molar-refractivity contribution is 0.350. The lowest BCUT2D eigenvalue weighted by Gasteiger charge is -2.10. The van der Waals surface area contributed by atoms with Gasteiger partial charge in [0.05, 0.1) is 16.8 Å². The minimum absolute atomic E-state index is 0.107. The number of aromatic nitrogens is 1. The van der Waals surface area contributed by atoms with Crippen LogP contribution in [0.1, 0.15) is 11.1 Å². The summed E-state index contributed by atoms with van der Waals surface area (Å²) in [6, 6.07) is 7.94. The normalized spacial score (nSPS) is 10.6. The molecule has 2 N–H and O–H groups in total. The molecular weight excluding hydrogens is 288 g/mol. The molecule has 1 heterocycles. The van der Waals surface area contributed by atoms with Gasteiger partial charge in [-0.1, -0.05) is 17.9 Å². The molecule has 0 fully saturated rings. The molecule has 2 aromatic rings. The van der Waals surface area contributed by atoms with E-state index in [4.69, 9.17) is 5.11 Å². The van der Waals surface area contributed by atoms with Crippen LogP contribution in [-0.2, 0) is 10.0 Å². The van der Waals surface area contributed by atoms with Crippen molar-refractivity contribution in [3.05, 3.63) is 53.9 Å². The van der Waals surface area contributed by atoms with Crippen LogP contribution in [0.25, 0.3) is 0 Å². The van der Waals surface area contributed by atoms with Crippen LogP contribution in [0.15, 0.2) is 47.6 Å². The molecule has 2 rings (SSSR count). The third-order valence-electron chi connectivity index (χ3n) is 2.74. The summed E-state index contributed by atoms with van der Waals surface area (Å²) in [4.78, 5) is 4.01. The second kappa shape index (κ2) is 6.39. The Balaban J connectivity index is 2.34. The molecule has 5 nitrogen and oxygen atoms in total. The van der Waals surface area contributed by atoms with Crippen LogP contribution < -0.4 is 4.72 Å². The summed E-state index contributed by atoms with van der Waals surface area (Å²) in [5, 5.41) is 8.67. The monoisotopic (exact) mass is 302 g/mol. The molecule has 0 aliphatic heterocycles. The molecule has 1 aromatic heterocycles. The summed E-state index contributed by atoms with van der Waals surface area (Å²) in [5.41, 5.74) is 1.74. The van der Waals surface area contributed by atoms with Crippen LogP contribution in [-0.4, -0.2) is 25.1 Å². The first-order valence-corrected chi connectivity index (χ1v) is 7.64. The van der Waals surface area contributed by atoms with Crippen molar-refractivity contribution in [2.45, 2.75) is 11.8 Å². The van der Waals surface area contributed by atoms with Gasteiger partial charge in [-0.15, -0.1) is 0 Å². The van der Waals surface area contributed by atoms with E-state index >= 15 is 0 Å². The quantitative estimate of drug-likeness (QED) is 0.843. The molecule has 21 heavy (non-hydrogen) atoms. The van der Waals surface area contributed by atoms with Crippen LogP contribution in [0.4, 0.5) is 5.69 Å². The maximum atomic E-state index is 12.3. The summed E-state index contributed by atoms with van der Waals surface area (Å²) >= 11 is 0. The van der Waals surface area contributed by atoms with Gasteiger partial charge < -0.3 is 5.11 Å². The van der Waals surface area contributed by atoms with E-state index in [2.05, 4.69) is 21.5 Å². The number of sulfonamides is 1. The zero-order chi connectivity index (χ0) is 15.3. The average Bonchev–Trinajstić information content (AvgIpc) is 2.48. The first kappa shape index (κ1) is 15.0. The van der Waals surface area contributed by atoms with E-state index in [1.807, 2.05) is 0 Å². The molecule has 0 aliphatic rings. The number of anilines is 1. The minimum Gasteiger partial charge on any atom is -0.384 e. The van der Waals surface area contributed by atoms with Gasteiger partial charge in [0.15, 0.2) is 0 Å². The fourth-order valence-electron chi connectivity index (χ4n) is 1.66. The minimum atomic E-state index is -3.70. The highest BCUT2D eigenvalue weighted by Crippen LogP contribution is 2.18. The third-order valence-corrected chi connectivity index (χ3v) is 4.10. The first-order chi connectivity index (χ1) is 10.0. The van der Waals surface area contributed by atoms with Gasteiger partial charge in [0.25, 0.3) is 10.0 Å². The predicted molar refractivity (Wildman–Crippen MR) is 80.2 cm³/mol. The number of aryl methyl sites for hydroxylation is 1. The van der Waals surface area contributed by atoms with E-state index in [0.29, 0.717) is 11.3 Å². The number of pyridine rings is 1. The molecular formula is C15H14N2O3S. The fourth-order valence-corrected chi connectivity index (χ4v) is 2.82. The fraction of sp³-hybridized carbons (Fsp3) is 0.133. The maximum absolute atomic E-state index is 12.3. The van der Waals surface area contributed by atoms with Crippen molar-refractivity contribution in [2.24, 2.45) is 0 Å². The summed E-state index contributed by atoms with van der Waals surface area (Å²) in [6.45, 7) is 1.52. The second-order valence-corrected chi connectivity index (χ2v) is 5.97. The summed E-state index contributed by atoms with van der Waals surface area (Å²) in [6.07, 6.45) is 3.06. The topological polar surface area (TPSA) is 79.3 Å². The van der Waals surface area contributed by atoms with Crippen molar-refractivity contribution >= 4 is 15.7 Å². The van der Waals surface area contributed by atoms with E-state index < -0.39 is 10.0 Å². The molecule has 0 radical (unpaired) electrons. The van der Waals surface area contributed by atoms with E-state index in [0.717, 1.165) is 5.56 Å². The van der Waals surface area contributed by atoms with Crippen molar-refractivity contribution in [1.82, 2.24) is 4.98 Å². The number of nitrogens with one attached hydrogen (secondary N) is 1. The number of aliphatic hydroxyl groups is 1. The molecule has 0 aliphatic carbocycles. The molecule has 0 atom stereocenters. The smallest absolute Gasteiger partial charge is 0.261 e. The van der Waals surface area contributed by atoms with Crippen LogP contribution in [0, 0.1) is 18.8 Å². The van der Waals surface area contributed by atoms with Crippen LogP contribution in [0.3, 0.4) is 0 Å². The third kappa shape index (κ3) is 3.81. The average molecular weight is 302 g/mol. The van der Waals surface area contributed by atoms with Crippen molar-refractivity contribution in [3.8, 4) is 11.8 Å². The standard InChI is InChI=1S/C15H14N2O3S/c1-12-7-8-16-11-15(12)17-21(19,20)14-6-2-4-13(10-14)5-3-9-18/h2,4,6-8,10-11,17-18H,9H2,1H3. The zero-order valence-corrected chi connectivity index (χ0v) is 12.2. The lowest BCUT2D eigenvalue weighted by atomic mass is 10.2. The molecule has 1 aromatic carbocycles.